The fraction of sp³-hybridized carbons (Fsp3) is 0.625. The molecule has 1 aliphatic rings. The molecule has 4 nitrogen and oxygen atoms in total. The van der Waals surface area contributed by atoms with Gasteiger partial charge in [0.15, 0.2) is 0 Å². The highest BCUT2D eigenvalue weighted by Crippen LogP contribution is 2.27. The Bertz CT molecular complexity index is 474. The Balaban J connectivity index is 1.99. The van der Waals surface area contributed by atoms with Gasteiger partial charge in [-0.1, -0.05) is 38.3 Å². The molecule has 4 heteroatoms. The minimum Gasteiger partial charge on any atom is -0.310 e. The van der Waals surface area contributed by atoms with Crippen LogP contribution in [0.25, 0.3) is 0 Å². The largest absolute Gasteiger partial charge is 0.310 e. The minimum absolute atomic E-state index is 0.222. The maximum absolute atomic E-state index is 11.0. The summed E-state index contributed by atoms with van der Waals surface area (Å²) in [5.41, 5.74) is 1.95. The third-order valence-electron chi connectivity index (χ3n) is 4.47. The van der Waals surface area contributed by atoms with Crippen LogP contribution in [0.1, 0.15) is 50.2 Å². The van der Waals surface area contributed by atoms with E-state index in [9.17, 15) is 10.1 Å². The maximum atomic E-state index is 11.0. The van der Waals surface area contributed by atoms with Gasteiger partial charge >= 0.3 is 0 Å². The van der Waals surface area contributed by atoms with E-state index in [4.69, 9.17) is 0 Å². The van der Waals surface area contributed by atoms with Crippen molar-refractivity contribution in [2.45, 2.75) is 58.5 Å². The first kappa shape index (κ1) is 15.0. The highest BCUT2D eigenvalue weighted by molar-refractivity contribution is 5.42. The molecule has 0 aliphatic heterocycles. The molecule has 110 valence electrons. The number of rotatable bonds is 5. The topological polar surface area (TPSA) is 55.2 Å². The molecule has 0 heterocycles. The second-order valence-corrected chi connectivity index (χ2v) is 5.82. The molecule has 1 saturated carbocycles. The Morgan fingerprint density at radius 2 is 2.10 bits per heavy atom. The van der Waals surface area contributed by atoms with E-state index in [-0.39, 0.29) is 10.6 Å². The lowest BCUT2D eigenvalue weighted by atomic mass is 9.83. The minimum atomic E-state index is -0.297. The SMILES string of the molecule is CCC1CCCCC1NCc1ccc(C)c([N+](=O)[O-])c1. The van der Waals surface area contributed by atoms with E-state index in [1.54, 1.807) is 13.0 Å². The van der Waals surface area contributed by atoms with Crippen molar-refractivity contribution in [1.29, 1.82) is 0 Å². The van der Waals surface area contributed by atoms with Crippen LogP contribution in [0.5, 0.6) is 0 Å². The summed E-state index contributed by atoms with van der Waals surface area (Å²) < 4.78 is 0. The van der Waals surface area contributed by atoms with Crippen LogP contribution in [0.15, 0.2) is 18.2 Å². The second kappa shape index (κ2) is 6.84. The zero-order valence-corrected chi connectivity index (χ0v) is 12.4. The summed E-state index contributed by atoms with van der Waals surface area (Å²) >= 11 is 0. The number of nitrogens with zero attached hydrogens (tertiary/aromatic N) is 1. The molecule has 2 rings (SSSR count). The normalized spacial score (nSPS) is 22.7. The van der Waals surface area contributed by atoms with Crippen LogP contribution in [-0.2, 0) is 6.54 Å². The second-order valence-electron chi connectivity index (χ2n) is 5.82. The predicted molar refractivity (Wildman–Crippen MR) is 80.7 cm³/mol. The van der Waals surface area contributed by atoms with Crippen molar-refractivity contribution in [3.05, 3.63) is 39.4 Å². The molecular weight excluding hydrogens is 252 g/mol. The Morgan fingerprint density at radius 1 is 1.35 bits per heavy atom. The molecule has 0 saturated heterocycles. The Kier molecular flexibility index (Phi) is 5.12. The van der Waals surface area contributed by atoms with Crippen LogP contribution in [0.3, 0.4) is 0 Å². The van der Waals surface area contributed by atoms with Gasteiger partial charge in [0, 0.05) is 24.2 Å². The van der Waals surface area contributed by atoms with E-state index in [0.29, 0.717) is 6.04 Å². The highest BCUT2D eigenvalue weighted by Gasteiger charge is 2.23. The molecule has 0 radical (unpaired) electrons. The van der Waals surface area contributed by atoms with E-state index in [2.05, 4.69) is 12.2 Å². The summed E-state index contributed by atoms with van der Waals surface area (Å²) in [6, 6.07) is 6.09. The first-order valence-electron chi connectivity index (χ1n) is 7.59. The third-order valence-corrected chi connectivity index (χ3v) is 4.47. The molecule has 0 bridgehead atoms. The van der Waals surface area contributed by atoms with Gasteiger partial charge in [0.1, 0.15) is 0 Å². The number of hydrogen-bond donors (Lipinski definition) is 1. The first-order chi connectivity index (χ1) is 9.61. The number of benzene rings is 1. The van der Waals surface area contributed by atoms with Crippen molar-refractivity contribution in [2.75, 3.05) is 0 Å². The van der Waals surface area contributed by atoms with Gasteiger partial charge < -0.3 is 5.32 Å². The van der Waals surface area contributed by atoms with Gasteiger partial charge in [-0.2, -0.15) is 0 Å². The molecule has 20 heavy (non-hydrogen) atoms. The van der Waals surface area contributed by atoms with Crippen LogP contribution >= 0.6 is 0 Å². The summed E-state index contributed by atoms with van der Waals surface area (Å²) in [7, 11) is 0. The molecule has 1 fully saturated rings. The quantitative estimate of drug-likeness (QED) is 0.654. The van der Waals surface area contributed by atoms with Gasteiger partial charge in [-0.3, -0.25) is 10.1 Å². The lowest BCUT2D eigenvalue weighted by Gasteiger charge is -2.31. The molecule has 1 aromatic rings. The van der Waals surface area contributed by atoms with Crippen molar-refractivity contribution >= 4 is 5.69 Å². The Hall–Kier alpha value is -1.42. The summed E-state index contributed by atoms with van der Waals surface area (Å²) in [5.74, 6) is 0.754. The molecule has 0 spiro atoms. The van der Waals surface area contributed by atoms with Crippen LogP contribution < -0.4 is 5.32 Å². The van der Waals surface area contributed by atoms with Gasteiger partial charge in [0.25, 0.3) is 5.69 Å². The fourth-order valence-corrected chi connectivity index (χ4v) is 3.18. The monoisotopic (exact) mass is 276 g/mol. The van der Waals surface area contributed by atoms with Crippen molar-refractivity contribution in [3.8, 4) is 0 Å². The first-order valence-corrected chi connectivity index (χ1v) is 7.59. The molecule has 1 aliphatic carbocycles. The number of hydrogen-bond acceptors (Lipinski definition) is 3. The molecular formula is C16H24N2O2. The van der Waals surface area contributed by atoms with Gasteiger partial charge in [-0.05, 0) is 31.2 Å². The van der Waals surface area contributed by atoms with Crippen molar-refractivity contribution < 1.29 is 4.92 Å². The predicted octanol–water partition coefficient (Wildman–Crippen LogP) is 3.96. The highest BCUT2D eigenvalue weighted by atomic mass is 16.6. The number of nitro benzene ring substituents is 1. The van der Waals surface area contributed by atoms with Crippen molar-refractivity contribution in [1.82, 2.24) is 5.32 Å². The van der Waals surface area contributed by atoms with Crippen LogP contribution in [0.4, 0.5) is 5.69 Å². The molecule has 0 amide bonds. The van der Waals surface area contributed by atoms with Crippen LogP contribution in [0, 0.1) is 23.0 Å². The Labute approximate surface area is 120 Å². The third kappa shape index (κ3) is 3.57. The summed E-state index contributed by atoms with van der Waals surface area (Å²) in [6.07, 6.45) is 6.38. The smallest absolute Gasteiger partial charge is 0.272 e. The van der Waals surface area contributed by atoms with Crippen molar-refractivity contribution in [2.24, 2.45) is 5.92 Å². The molecule has 1 aromatic carbocycles. The van der Waals surface area contributed by atoms with E-state index >= 15 is 0 Å². The van der Waals surface area contributed by atoms with E-state index in [1.807, 2.05) is 12.1 Å². The fourth-order valence-electron chi connectivity index (χ4n) is 3.18. The van der Waals surface area contributed by atoms with Crippen LogP contribution in [0.2, 0.25) is 0 Å². The summed E-state index contributed by atoms with van der Waals surface area (Å²) in [6.45, 7) is 4.76. The molecule has 2 atom stereocenters. The average molecular weight is 276 g/mol. The van der Waals surface area contributed by atoms with Crippen LogP contribution in [-0.4, -0.2) is 11.0 Å². The maximum Gasteiger partial charge on any atom is 0.272 e. The lowest BCUT2D eigenvalue weighted by Crippen LogP contribution is -2.37. The van der Waals surface area contributed by atoms with Gasteiger partial charge in [0.05, 0.1) is 4.92 Å². The average Bonchev–Trinajstić information content (AvgIpc) is 2.46. The Morgan fingerprint density at radius 3 is 2.80 bits per heavy atom. The zero-order valence-electron chi connectivity index (χ0n) is 12.4. The molecule has 2 unspecified atom stereocenters. The van der Waals surface area contributed by atoms with E-state index < -0.39 is 0 Å². The lowest BCUT2D eigenvalue weighted by molar-refractivity contribution is -0.385. The molecule has 0 aromatic heterocycles. The standard InChI is InChI=1S/C16H24N2O2/c1-3-14-6-4-5-7-15(14)17-11-13-9-8-12(2)16(10-13)18(19)20/h8-10,14-15,17H,3-7,11H2,1-2H3. The van der Waals surface area contributed by atoms with Gasteiger partial charge in [-0.25, -0.2) is 0 Å². The number of nitro groups is 1. The number of aryl methyl sites for hydroxylation is 1. The van der Waals surface area contributed by atoms with Gasteiger partial charge in [0.2, 0.25) is 0 Å². The number of nitrogens with one attached hydrogen (secondary N) is 1. The summed E-state index contributed by atoms with van der Waals surface area (Å²) in [5, 5.41) is 14.6. The van der Waals surface area contributed by atoms with Gasteiger partial charge in [-0.15, -0.1) is 0 Å². The zero-order chi connectivity index (χ0) is 14.5. The molecule has 1 N–H and O–H groups in total. The van der Waals surface area contributed by atoms with E-state index in [1.165, 1.54) is 32.1 Å². The van der Waals surface area contributed by atoms with Crippen molar-refractivity contribution in [3.63, 3.8) is 0 Å². The summed E-state index contributed by atoms with van der Waals surface area (Å²) in [4.78, 5) is 10.7. The van der Waals surface area contributed by atoms with E-state index in [0.717, 1.165) is 23.6 Å².